The van der Waals surface area contributed by atoms with Gasteiger partial charge in [0, 0.05) is 11.1 Å². The molecule has 1 aliphatic carbocycles. The van der Waals surface area contributed by atoms with Crippen LogP contribution < -0.4 is 5.32 Å². The number of carbonyl (C=O) groups excluding carboxylic acids is 1. The average molecular weight is 353 g/mol. The minimum atomic E-state index is -0.0534. The van der Waals surface area contributed by atoms with Crippen molar-refractivity contribution in [1.29, 1.82) is 0 Å². The normalized spacial score (nSPS) is 14.9. The third-order valence-electron chi connectivity index (χ3n) is 4.53. The summed E-state index contributed by atoms with van der Waals surface area (Å²) in [5.74, 6) is 0.235. The molecule has 1 aliphatic rings. The van der Waals surface area contributed by atoms with E-state index >= 15 is 0 Å². The van der Waals surface area contributed by atoms with Crippen LogP contribution in [0.25, 0.3) is 10.8 Å². The molecule has 0 saturated heterocycles. The zero-order valence-corrected chi connectivity index (χ0v) is 14.6. The Kier molecular flexibility index (Phi) is 4.65. The summed E-state index contributed by atoms with van der Waals surface area (Å²) in [6.07, 6.45) is 4.66. The number of amides is 1. The summed E-state index contributed by atoms with van der Waals surface area (Å²) in [5.41, 5.74) is 0.832. The molecule has 128 valence electrons. The minimum absolute atomic E-state index is 0.0534. The molecule has 1 N–H and O–H groups in total. The molecule has 1 fully saturated rings. The van der Waals surface area contributed by atoms with Gasteiger partial charge in [-0.15, -0.1) is 5.10 Å². The van der Waals surface area contributed by atoms with Crippen LogP contribution in [0.4, 0.5) is 5.69 Å². The van der Waals surface area contributed by atoms with Crippen molar-refractivity contribution in [2.45, 2.75) is 36.9 Å². The molecule has 2 aromatic carbocycles. The number of nitrogens with zero attached hydrogens (tertiary/aromatic N) is 4. The first-order valence-electron chi connectivity index (χ1n) is 8.49. The fourth-order valence-corrected chi connectivity index (χ4v) is 4.05. The number of benzene rings is 2. The molecule has 6 nitrogen and oxygen atoms in total. The van der Waals surface area contributed by atoms with Crippen molar-refractivity contribution in [3.63, 3.8) is 0 Å². The van der Waals surface area contributed by atoms with E-state index in [1.807, 2.05) is 47.1 Å². The van der Waals surface area contributed by atoms with Gasteiger partial charge in [-0.2, -0.15) is 0 Å². The van der Waals surface area contributed by atoms with Crippen LogP contribution in [-0.2, 0) is 4.79 Å². The smallest absolute Gasteiger partial charge is 0.234 e. The number of hydrogen-bond acceptors (Lipinski definition) is 5. The van der Waals surface area contributed by atoms with Crippen LogP contribution >= 0.6 is 11.8 Å². The van der Waals surface area contributed by atoms with Crippen molar-refractivity contribution >= 4 is 34.1 Å². The average Bonchev–Trinajstić information content (AvgIpc) is 3.31. The highest BCUT2D eigenvalue weighted by Crippen LogP contribution is 2.31. The molecule has 0 unspecified atom stereocenters. The van der Waals surface area contributed by atoms with Gasteiger partial charge in [0.15, 0.2) is 0 Å². The summed E-state index contributed by atoms with van der Waals surface area (Å²) in [7, 11) is 0. The molecule has 0 bridgehead atoms. The molecule has 25 heavy (non-hydrogen) atoms. The predicted octanol–water partition coefficient (Wildman–Crippen LogP) is 3.67. The number of thioether (sulfide) groups is 1. The number of anilines is 1. The van der Waals surface area contributed by atoms with Crippen LogP contribution in [0.3, 0.4) is 0 Å². The second-order valence-corrected chi connectivity index (χ2v) is 7.15. The molecular formula is C18H19N5OS. The number of tetrazole rings is 1. The quantitative estimate of drug-likeness (QED) is 0.709. The van der Waals surface area contributed by atoms with E-state index in [1.165, 1.54) is 24.6 Å². The van der Waals surface area contributed by atoms with Crippen molar-refractivity contribution in [3.05, 3.63) is 42.5 Å². The lowest BCUT2D eigenvalue weighted by molar-refractivity contribution is -0.113. The highest BCUT2D eigenvalue weighted by atomic mass is 32.2. The van der Waals surface area contributed by atoms with Crippen LogP contribution in [0.15, 0.2) is 47.6 Å². The zero-order chi connectivity index (χ0) is 17.1. The van der Waals surface area contributed by atoms with E-state index in [9.17, 15) is 4.79 Å². The Morgan fingerprint density at radius 3 is 2.84 bits per heavy atom. The highest BCUT2D eigenvalue weighted by Gasteiger charge is 2.22. The molecule has 0 atom stereocenters. The fraction of sp³-hybridized carbons (Fsp3) is 0.333. The Bertz CT molecular complexity index is 883. The fourth-order valence-electron chi connectivity index (χ4n) is 3.31. The maximum absolute atomic E-state index is 12.4. The molecule has 1 saturated carbocycles. The summed E-state index contributed by atoms with van der Waals surface area (Å²) in [4.78, 5) is 12.4. The van der Waals surface area contributed by atoms with Gasteiger partial charge in [-0.05, 0) is 34.7 Å². The predicted molar refractivity (Wildman–Crippen MR) is 98.6 cm³/mol. The van der Waals surface area contributed by atoms with Crippen molar-refractivity contribution in [2.24, 2.45) is 0 Å². The molecule has 1 aromatic heterocycles. The molecule has 3 aromatic rings. The van der Waals surface area contributed by atoms with E-state index in [-0.39, 0.29) is 11.7 Å². The van der Waals surface area contributed by atoms with E-state index in [0.717, 1.165) is 34.5 Å². The summed E-state index contributed by atoms with van der Waals surface area (Å²) < 4.78 is 1.88. The Morgan fingerprint density at radius 1 is 1.16 bits per heavy atom. The summed E-state index contributed by atoms with van der Waals surface area (Å²) in [6, 6.07) is 14.3. The first kappa shape index (κ1) is 16.1. The van der Waals surface area contributed by atoms with Crippen molar-refractivity contribution in [1.82, 2.24) is 20.2 Å². The molecule has 4 rings (SSSR count). The Labute approximate surface area is 150 Å². The molecule has 0 radical (unpaired) electrons. The Balaban J connectivity index is 1.42. The van der Waals surface area contributed by atoms with Crippen LogP contribution in [0.1, 0.15) is 31.7 Å². The molecular weight excluding hydrogens is 334 g/mol. The third-order valence-corrected chi connectivity index (χ3v) is 5.46. The molecule has 0 aliphatic heterocycles. The van der Waals surface area contributed by atoms with E-state index in [0.29, 0.717) is 6.04 Å². The third kappa shape index (κ3) is 3.51. The second kappa shape index (κ2) is 7.23. The van der Waals surface area contributed by atoms with Crippen molar-refractivity contribution < 1.29 is 4.79 Å². The lowest BCUT2D eigenvalue weighted by Gasteiger charge is -2.11. The summed E-state index contributed by atoms with van der Waals surface area (Å²) in [6.45, 7) is 0. The van der Waals surface area contributed by atoms with E-state index < -0.39 is 0 Å². The lowest BCUT2D eigenvalue weighted by atomic mass is 10.1. The van der Waals surface area contributed by atoms with Crippen LogP contribution in [0, 0.1) is 0 Å². The summed E-state index contributed by atoms with van der Waals surface area (Å²) >= 11 is 1.39. The first-order valence-corrected chi connectivity index (χ1v) is 9.48. The number of carbonyl (C=O) groups is 1. The maximum atomic E-state index is 12.4. The van der Waals surface area contributed by atoms with Gasteiger partial charge in [-0.25, -0.2) is 4.68 Å². The molecule has 0 spiro atoms. The van der Waals surface area contributed by atoms with E-state index in [2.05, 4.69) is 20.8 Å². The monoisotopic (exact) mass is 353 g/mol. The van der Waals surface area contributed by atoms with Gasteiger partial charge in [0.25, 0.3) is 0 Å². The van der Waals surface area contributed by atoms with Gasteiger partial charge in [0.05, 0.1) is 11.8 Å². The zero-order valence-electron chi connectivity index (χ0n) is 13.8. The molecule has 1 heterocycles. The van der Waals surface area contributed by atoms with E-state index in [4.69, 9.17) is 0 Å². The van der Waals surface area contributed by atoms with Gasteiger partial charge in [0.1, 0.15) is 0 Å². The van der Waals surface area contributed by atoms with Gasteiger partial charge in [0.2, 0.25) is 11.1 Å². The first-order chi connectivity index (χ1) is 12.3. The van der Waals surface area contributed by atoms with Crippen LogP contribution in [-0.4, -0.2) is 31.9 Å². The standard InChI is InChI=1S/C18H19N5OS/c24-17(19-16-11-5-7-13-6-1-4-10-15(13)16)12-25-18-20-21-22-23(18)14-8-2-3-9-14/h1,4-7,10-11,14H,2-3,8-9,12H2,(H,19,24). The number of rotatable bonds is 5. The van der Waals surface area contributed by atoms with E-state index in [1.54, 1.807) is 0 Å². The van der Waals surface area contributed by atoms with Crippen LogP contribution in [0.2, 0.25) is 0 Å². The maximum Gasteiger partial charge on any atom is 0.234 e. The number of hydrogen-bond donors (Lipinski definition) is 1. The van der Waals surface area contributed by atoms with Crippen molar-refractivity contribution in [2.75, 3.05) is 11.1 Å². The Hall–Kier alpha value is -2.41. The summed E-state index contributed by atoms with van der Waals surface area (Å²) in [5, 5.41) is 17.8. The molecule has 1 amide bonds. The van der Waals surface area contributed by atoms with Crippen molar-refractivity contribution in [3.8, 4) is 0 Å². The van der Waals surface area contributed by atoms with Gasteiger partial charge in [-0.1, -0.05) is 61.0 Å². The Morgan fingerprint density at radius 2 is 1.96 bits per heavy atom. The highest BCUT2D eigenvalue weighted by molar-refractivity contribution is 7.99. The van der Waals surface area contributed by atoms with Gasteiger partial charge < -0.3 is 5.32 Å². The van der Waals surface area contributed by atoms with Crippen LogP contribution in [0.5, 0.6) is 0 Å². The lowest BCUT2D eigenvalue weighted by Crippen LogP contribution is -2.15. The van der Waals surface area contributed by atoms with Gasteiger partial charge >= 0.3 is 0 Å². The minimum Gasteiger partial charge on any atom is -0.325 e. The number of fused-ring (bicyclic) bond motifs is 1. The largest absolute Gasteiger partial charge is 0.325 e. The molecule has 7 heteroatoms. The number of nitrogens with one attached hydrogen (secondary N) is 1. The second-order valence-electron chi connectivity index (χ2n) is 6.21. The SMILES string of the molecule is O=C(CSc1nnnn1C1CCCC1)Nc1cccc2ccccc12. The number of aromatic nitrogens is 4. The topological polar surface area (TPSA) is 72.7 Å². The van der Waals surface area contributed by atoms with Gasteiger partial charge in [-0.3, -0.25) is 4.79 Å².